The van der Waals surface area contributed by atoms with Gasteiger partial charge in [-0.25, -0.2) is 0 Å². The molecule has 2 N–H and O–H groups in total. The summed E-state index contributed by atoms with van der Waals surface area (Å²) in [4.78, 5) is 0. The van der Waals surface area contributed by atoms with Crippen molar-refractivity contribution in [3.8, 4) is 0 Å². The summed E-state index contributed by atoms with van der Waals surface area (Å²) < 4.78 is 1.46. The summed E-state index contributed by atoms with van der Waals surface area (Å²) in [6.07, 6.45) is 15.5. The van der Waals surface area contributed by atoms with E-state index in [4.69, 9.17) is 0 Å². The Balaban J connectivity index is 0.00000361. The minimum Gasteiger partial charge on any atom is -0.412 e. The Bertz CT molecular complexity index is 308. The van der Waals surface area contributed by atoms with Crippen molar-refractivity contribution in [2.24, 2.45) is 0 Å². The number of unbranched alkanes of at least 4 members (excludes halogenated alkanes) is 9. The van der Waals surface area contributed by atoms with Gasteiger partial charge in [0.1, 0.15) is 0 Å². The molecule has 3 radical (unpaired) electrons. The Kier molecular flexibility index (Phi) is 13.9. The molecule has 0 spiro atoms. The zero-order valence-corrected chi connectivity index (χ0v) is 15.9. The van der Waals surface area contributed by atoms with Gasteiger partial charge < -0.3 is 5.48 Å². The van der Waals surface area contributed by atoms with Crippen LogP contribution in [0.4, 0.5) is 0 Å². The van der Waals surface area contributed by atoms with Crippen molar-refractivity contribution in [2.75, 3.05) is 0 Å². The van der Waals surface area contributed by atoms with E-state index in [9.17, 15) is 0 Å². The van der Waals surface area contributed by atoms with Crippen LogP contribution in [0.25, 0.3) is 0 Å². The largest absolute Gasteiger partial charge is 0.412 e. The third-order valence-electron chi connectivity index (χ3n) is 3.77. The molecule has 0 fully saturated rings. The Morgan fingerprint density at radius 3 is 1.65 bits per heavy atom. The standard InChI is InChI=1S/C18H29.H2O.Sn/c1-2-3-4-5-6-7-8-9-10-12-15-18-16-13-11-14-17-18;;/h13-14,16-17H,2-10,12,15H2,1H3;1H2;. The van der Waals surface area contributed by atoms with Gasteiger partial charge in [-0.15, -0.1) is 0 Å². The molecule has 0 aliphatic carbocycles. The average molecular weight is 382 g/mol. The maximum absolute atomic E-state index is 2.30. The fraction of sp³-hybridized carbons (Fsp3) is 0.667. The van der Waals surface area contributed by atoms with Gasteiger partial charge in [0.15, 0.2) is 0 Å². The van der Waals surface area contributed by atoms with Gasteiger partial charge in [0.05, 0.1) is 0 Å². The van der Waals surface area contributed by atoms with E-state index in [1.165, 1.54) is 102 Å². The van der Waals surface area contributed by atoms with E-state index in [-0.39, 0.29) is 5.48 Å². The van der Waals surface area contributed by atoms with Crippen LogP contribution in [0.15, 0.2) is 24.3 Å². The van der Waals surface area contributed by atoms with Crippen molar-refractivity contribution < 1.29 is 5.48 Å². The van der Waals surface area contributed by atoms with E-state index in [0.29, 0.717) is 0 Å². The minimum absolute atomic E-state index is 0. The molecule has 0 atom stereocenters. The normalized spacial score (nSPS) is 10.3. The van der Waals surface area contributed by atoms with Crippen LogP contribution in [-0.4, -0.2) is 28.0 Å². The van der Waals surface area contributed by atoms with Gasteiger partial charge in [-0.2, -0.15) is 0 Å². The first-order valence-electron chi connectivity index (χ1n) is 8.13. The van der Waals surface area contributed by atoms with E-state index in [2.05, 4.69) is 31.2 Å². The van der Waals surface area contributed by atoms with Gasteiger partial charge in [0.25, 0.3) is 0 Å². The molecular weight excluding hydrogens is 351 g/mol. The van der Waals surface area contributed by atoms with Crippen molar-refractivity contribution in [1.82, 2.24) is 0 Å². The Morgan fingerprint density at radius 2 is 1.15 bits per heavy atom. The first-order chi connectivity index (χ1) is 9.33. The summed E-state index contributed by atoms with van der Waals surface area (Å²) >= 11 is 1.52. The zero-order chi connectivity index (χ0) is 13.8. The SMILES string of the molecule is CCCCCCCCCCCCc1cc[c]([Sn])cc1.O. The predicted molar refractivity (Wildman–Crippen MR) is 91.0 cm³/mol. The van der Waals surface area contributed by atoms with Gasteiger partial charge in [-0.1, -0.05) is 26.2 Å². The third kappa shape index (κ3) is 10.7. The van der Waals surface area contributed by atoms with Crippen molar-refractivity contribution >= 4 is 26.1 Å². The van der Waals surface area contributed by atoms with Crippen LogP contribution in [0.1, 0.15) is 76.7 Å². The fourth-order valence-electron chi connectivity index (χ4n) is 2.49. The second kappa shape index (κ2) is 13.9. The van der Waals surface area contributed by atoms with Crippen LogP contribution in [0, 0.1) is 0 Å². The number of hydrogen-bond acceptors (Lipinski definition) is 0. The third-order valence-corrected chi connectivity index (χ3v) is 4.72. The quantitative estimate of drug-likeness (QED) is 0.408. The number of rotatable bonds is 11. The van der Waals surface area contributed by atoms with Crippen molar-refractivity contribution in [3.63, 3.8) is 0 Å². The Labute approximate surface area is 139 Å². The van der Waals surface area contributed by atoms with Gasteiger partial charge >= 0.3 is 107 Å². The first kappa shape index (κ1) is 20.0. The molecule has 0 heterocycles. The van der Waals surface area contributed by atoms with Crippen LogP contribution in [0.2, 0.25) is 0 Å². The summed E-state index contributed by atoms with van der Waals surface area (Å²) in [6, 6.07) is 9.14. The summed E-state index contributed by atoms with van der Waals surface area (Å²) in [5.41, 5.74) is 1.52. The molecule has 1 aromatic rings. The second-order valence-electron chi connectivity index (χ2n) is 5.63. The van der Waals surface area contributed by atoms with E-state index in [1.54, 1.807) is 0 Å². The maximum Gasteiger partial charge on any atom is -0.412 e. The minimum atomic E-state index is 0. The van der Waals surface area contributed by atoms with Gasteiger partial charge in [-0.3, -0.25) is 0 Å². The zero-order valence-electron chi connectivity index (χ0n) is 13.1. The van der Waals surface area contributed by atoms with Crippen molar-refractivity contribution in [1.29, 1.82) is 0 Å². The van der Waals surface area contributed by atoms with Gasteiger partial charge in [0.2, 0.25) is 0 Å². The summed E-state index contributed by atoms with van der Waals surface area (Å²) in [5, 5.41) is 0. The molecule has 0 unspecified atom stereocenters. The number of hydrogen-bond donors (Lipinski definition) is 0. The first-order valence-corrected chi connectivity index (χ1v) is 9.56. The molecule has 0 bridgehead atoms. The molecule has 20 heavy (non-hydrogen) atoms. The van der Waals surface area contributed by atoms with E-state index >= 15 is 0 Å². The predicted octanol–water partition coefficient (Wildman–Crippen LogP) is 4.12. The average Bonchev–Trinajstić information content (AvgIpc) is 2.43. The molecular formula is C18H31OSn. The smallest absolute Gasteiger partial charge is 0.412 e. The molecule has 1 rings (SSSR count). The molecule has 113 valence electrons. The molecule has 2 heteroatoms. The van der Waals surface area contributed by atoms with E-state index in [0.717, 1.165) is 0 Å². The Morgan fingerprint density at radius 1 is 0.700 bits per heavy atom. The van der Waals surface area contributed by atoms with Crippen LogP contribution < -0.4 is 3.58 Å². The van der Waals surface area contributed by atoms with Gasteiger partial charge in [0, 0.05) is 0 Å². The van der Waals surface area contributed by atoms with Crippen LogP contribution >= 0.6 is 0 Å². The molecule has 0 amide bonds. The summed E-state index contributed by atoms with van der Waals surface area (Å²) in [5.74, 6) is 0. The van der Waals surface area contributed by atoms with Crippen LogP contribution in [-0.2, 0) is 6.42 Å². The van der Waals surface area contributed by atoms with E-state index in [1.807, 2.05) is 0 Å². The summed E-state index contributed by atoms with van der Waals surface area (Å²) in [6.45, 7) is 2.29. The molecule has 1 aromatic carbocycles. The van der Waals surface area contributed by atoms with E-state index < -0.39 is 0 Å². The number of benzene rings is 1. The van der Waals surface area contributed by atoms with Crippen LogP contribution in [0.5, 0.6) is 0 Å². The maximum atomic E-state index is 2.30. The molecule has 0 saturated carbocycles. The Hall–Kier alpha value is -0.0213. The molecule has 0 aliphatic heterocycles. The number of aryl methyl sites for hydroxylation is 1. The van der Waals surface area contributed by atoms with Crippen LogP contribution in [0.3, 0.4) is 0 Å². The summed E-state index contributed by atoms with van der Waals surface area (Å²) in [7, 11) is 0. The van der Waals surface area contributed by atoms with Crippen molar-refractivity contribution in [3.05, 3.63) is 29.8 Å². The molecule has 0 aliphatic rings. The van der Waals surface area contributed by atoms with Gasteiger partial charge in [-0.05, 0) is 0 Å². The molecule has 1 nitrogen and oxygen atoms in total. The van der Waals surface area contributed by atoms with Crippen molar-refractivity contribution in [2.45, 2.75) is 77.6 Å². The topological polar surface area (TPSA) is 31.5 Å². The molecule has 0 aromatic heterocycles. The monoisotopic (exact) mass is 383 g/mol. The second-order valence-corrected chi connectivity index (χ2v) is 7.28. The molecule has 0 saturated heterocycles. The fourth-order valence-corrected chi connectivity index (χ4v) is 2.96.